The molecule has 1 amide bonds. The number of aromatic hydroxyl groups is 1. The molecule has 104 valence electrons. The number of amides is 1. The molecule has 0 unspecified atom stereocenters. The molecule has 1 heterocycles. The zero-order valence-electron chi connectivity index (χ0n) is 10.4. The third kappa shape index (κ3) is 2.83. The van der Waals surface area contributed by atoms with Crippen LogP contribution in [0.3, 0.4) is 0 Å². The third-order valence-corrected chi connectivity index (χ3v) is 3.36. The van der Waals surface area contributed by atoms with Gasteiger partial charge in [-0.3, -0.25) is 4.79 Å². The smallest absolute Gasteiger partial charge is 0.471 e. The van der Waals surface area contributed by atoms with E-state index in [0.29, 0.717) is 12.8 Å². The van der Waals surface area contributed by atoms with E-state index in [1.165, 1.54) is 6.07 Å². The van der Waals surface area contributed by atoms with Gasteiger partial charge in [-0.15, -0.1) is 0 Å². The number of rotatable bonds is 0. The minimum atomic E-state index is -4.84. The predicted molar refractivity (Wildman–Crippen MR) is 62.7 cm³/mol. The Bertz CT molecular complexity index is 499. The van der Waals surface area contributed by atoms with Crippen molar-refractivity contribution in [1.29, 1.82) is 0 Å². The molecular formula is C13H14F3NO2. The highest BCUT2D eigenvalue weighted by Crippen LogP contribution is 2.27. The van der Waals surface area contributed by atoms with Gasteiger partial charge in [0.1, 0.15) is 5.75 Å². The Morgan fingerprint density at radius 3 is 2.68 bits per heavy atom. The van der Waals surface area contributed by atoms with E-state index < -0.39 is 18.1 Å². The van der Waals surface area contributed by atoms with Crippen molar-refractivity contribution in [2.45, 2.75) is 32.0 Å². The van der Waals surface area contributed by atoms with Crippen LogP contribution in [0.25, 0.3) is 0 Å². The van der Waals surface area contributed by atoms with Crippen LogP contribution in [0, 0.1) is 0 Å². The molecule has 1 aliphatic rings. The second kappa shape index (κ2) is 4.75. The molecule has 0 bridgehead atoms. The standard InChI is InChI=1S/C13H14F3NO2/c1-8-6-9-2-3-11(18)7-10(9)4-5-17(8)12(19)13(14,15)16/h2-3,7-8,18H,4-6H2,1H3/t8-/m0/s1. The van der Waals surface area contributed by atoms with Gasteiger partial charge in [-0.25, -0.2) is 0 Å². The van der Waals surface area contributed by atoms with E-state index in [-0.39, 0.29) is 12.3 Å². The summed E-state index contributed by atoms with van der Waals surface area (Å²) >= 11 is 0. The Kier molecular flexibility index (Phi) is 3.43. The fourth-order valence-corrected chi connectivity index (χ4v) is 2.40. The number of alkyl halides is 3. The number of phenols is 1. The Balaban J connectivity index is 2.25. The minimum absolute atomic E-state index is 0.00988. The van der Waals surface area contributed by atoms with Gasteiger partial charge in [0.15, 0.2) is 0 Å². The van der Waals surface area contributed by atoms with Crippen molar-refractivity contribution in [3.8, 4) is 5.75 Å². The molecule has 1 aromatic rings. The van der Waals surface area contributed by atoms with Crippen molar-refractivity contribution in [3.63, 3.8) is 0 Å². The van der Waals surface area contributed by atoms with Crippen LogP contribution < -0.4 is 0 Å². The number of benzene rings is 1. The molecule has 0 spiro atoms. The van der Waals surface area contributed by atoms with Crippen molar-refractivity contribution in [1.82, 2.24) is 4.90 Å². The summed E-state index contributed by atoms with van der Waals surface area (Å²) in [5, 5.41) is 9.39. The minimum Gasteiger partial charge on any atom is -0.508 e. The quantitative estimate of drug-likeness (QED) is 0.787. The predicted octanol–water partition coefficient (Wildman–Crippen LogP) is 2.27. The van der Waals surface area contributed by atoms with E-state index in [1.807, 2.05) is 0 Å². The fraction of sp³-hybridized carbons (Fsp3) is 0.462. The van der Waals surface area contributed by atoms with Crippen LogP contribution in [0.4, 0.5) is 13.2 Å². The first kappa shape index (κ1) is 13.7. The molecule has 0 saturated carbocycles. The molecule has 3 nitrogen and oxygen atoms in total. The van der Waals surface area contributed by atoms with Gasteiger partial charge in [-0.2, -0.15) is 13.2 Å². The highest BCUT2D eigenvalue weighted by atomic mass is 19.4. The number of phenolic OH excluding ortho intramolecular Hbond substituents is 1. The Hall–Kier alpha value is -1.72. The molecule has 2 rings (SSSR count). The van der Waals surface area contributed by atoms with Crippen LogP contribution in [0.5, 0.6) is 5.75 Å². The van der Waals surface area contributed by atoms with Gasteiger partial charge < -0.3 is 10.0 Å². The lowest BCUT2D eigenvalue weighted by molar-refractivity contribution is -0.187. The summed E-state index contributed by atoms with van der Waals surface area (Å²) in [6.45, 7) is 1.61. The maximum atomic E-state index is 12.5. The lowest BCUT2D eigenvalue weighted by Gasteiger charge is -2.27. The zero-order chi connectivity index (χ0) is 14.2. The van der Waals surface area contributed by atoms with Gasteiger partial charge in [0, 0.05) is 12.6 Å². The van der Waals surface area contributed by atoms with E-state index in [1.54, 1.807) is 19.1 Å². The number of carbonyl (C=O) groups excluding carboxylic acids is 1. The van der Waals surface area contributed by atoms with Crippen molar-refractivity contribution >= 4 is 5.91 Å². The van der Waals surface area contributed by atoms with Crippen molar-refractivity contribution in [2.75, 3.05) is 6.54 Å². The van der Waals surface area contributed by atoms with Gasteiger partial charge in [-0.05, 0) is 43.0 Å². The second-order valence-corrected chi connectivity index (χ2v) is 4.75. The average Bonchev–Trinajstić information content (AvgIpc) is 2.45. The molecule has 6 heteroatoms. The first-order valence-electron chi connectivity index (χ1n) is 5.97. The van der Waals surface area contributed by atoms with Crippen molar-refractivity contribution in [2.24, 2.45) is 0 Å². The highest BCUT2D eigenvalue weighted by molar-refractivity contribution is 5.82. The number of carbonyl (C=O) groups is 1. The SMILES string of the molecule is C[C@H]1Cc2ccc(O)cc2CCN1C(=O)C(F)(F)F. The number of nitrogens with zero attached hydrogens (tertiary/aromatic N) is 1. The van der Waals surface area contributed by atoms with E-state index in [0.717, 1.165) is 16.0 Å². The van der Waals surface area contributed by atoms with Crippen LogP contribution in [0.2, 0.25) is 0 Å². The summed E-state index contributed by atoms with van der Waals surface area (Å²) in [5.74, 6) is -1.71. The van der Waals surface area contributed by atoms with Crippen LogP contribution in [0.15, 0.2) is 18.2 Å². The Morgan fingerprint density at radius 1 is 1.37 bits per heavy atom. The van der Waals surface area contributed by atoms with E-state index in [4.69, 9.17) is 0 Å². The number of hydrogen-bond acceptors (Lipinski definition) is 2. The van der Waals surface area contributed by atoms with Gasteiger partial charge in [0.05, 0.1) is 0 Å². The average molecular weight is 273 g/mol. The molecule has 1 N–H and O–H groups in total. The van der Waals surface area contributed by atoms with E-state index in [2.05, 4.69) is 0 Å². The largest absolute Gasteiger partial charge is 0.508 e. The van der Waals surface area contributed by atoms with Crippen molar-refractivity contribution in [3.05, 3.63) is 29.3 Å². The van der Waals surface area contributed by atoms with Crippen LogP contribution >= 0.6 is 0 Å². The lowest BCUT2D eigenvalue weighted by atomic mass is 10.0. The molecule has 1 aliphatic heterocycles. The molecule has 1 atom stereocenters. The topological polar surface area (TPSA) is 40.5 Å². The summed E-state index contributed by atoms with van der Waals surface area (Å²) in [4.78, 5) is 12.2. The van der Waals surface area contributed by atoms with Gasteiger partial charge in [0.2, 0.25) is 0 Å². The summed E-state index contributed by atoms with van der Waals surface area (Å²) in [6.07, 6.45) is -4.17. The second-order valence-electron chi connectivity index (χ2n) is 4.75. The Morgan fingerprint density at radius 2 is 2.05 bits per heavy atom. The molecule has 1 aromatic carbocycles. The van der Waals surface area contributed by atoms with Crippen LogP contribution in [-0.2, 0) is 17.6 Å². The molecule has 0 saturated heterocycles. The van der Waals surface area contributed by atoms with E-state index in [9.17, 15) is 23.1 Å². The first-order valence-corrected chi connectivity index (χ1v) is 5.97. The Labute approximate surface area is 108 Å². The summed E-state index contributed by atoms with van der Waals surface area (Å²) in [5.41, 5.74) is 1.67. The molecule has 0 aromatic heterocycles. The van der Waals surface area contributed by atoms with Gasteiger partial charge >= 0.3 is 12.1 Å². The molecule has 19 heavy (non-hydrogen) atoms. The number of fused-ring (bicyclic) bond motifs is 1. The summed E-state index contributed by atoms with van der Waals surface area (Å²) < 4.78 is 37.5. The maximum Gasteiger partial charge on any atom is 0.471 e. The monoisotopic (exact) mass is 273 g/mol. The summed E-state index contributed by atoms with van der Waals surface area (Å²) in [7, 11) is 0. The van der Waals surface area contributed by atoms with Crippen molar-refractivity contribution < 1.29 is 23.1 Å². The normalized spacial score (nSPS) is 19.8. The van der Waals surface area contributed by atoms with Crippen LogP contribution in [-0.4, -0.2) is 34.7 Å². The van der Waals surface area contributed by atoms with Crippen LogP contribution in [0.1, 0.15) is 18.1 Å². The zero-order valence-corrected chi connectivity index (χ0v) is 10.4. The third-order valence-electron chi connectivity index (χ3n) is 3.36. The van der Waals surface area contributed by atoms with Gasteiger partial charge in [0.25, 0.3) is 0 Å². The number of halogens is 3. The fourth-order valence-electron chi connectivity index (χ4n) is 2.40. The molecule has 0 radical (unpaired) electrons. The first-order chi connectivity index (χ1) is 8.79. The van der Waals surface area contributed by atoms with E-state index >= 15 is 0 Å². The highest BCUT2D eigenvalue weighted by Gasteiger charge is 2.44. The van der Waals surface area contributed by atoms with Gasteiger partial charge in [-0.1, -0.05) is 6.07 Å². The molecular weight excluding hydrogens is 259 g/mol. The summed E-state index contributed by atoms with van der Waals surface area (Å²) in [6, 6.07) is 4.24. The molecule has 0 fully saturated rings. The number of hydrogen-bond donors (Lipinski definition) is 1. The molecule has 0 aliphatic carbocycles. The lowest BCUT2D eigenvalue weighted by Crippen LogP contribution is -2.46. The maximum absolute atomic E-state index is 12.5.